The van der Waals surface area contributed by atoms with Crippen LogP contribution in [0.3, 0.4) is 0 Å². The Balaban J connectivity index is 1.53. The van der Waals surface area contributed by atoms with Crippen LogP contribution in [-0.2, 0) is 9.53 Å². The Hall–Kier alpha value is -2.25. The second kappa shape index (κ2) is 6.33. The highest BCUT2D eigenvalue weighted by Crippen LogP contribution is 2.23. The number of hydrogen-bond acceptors (Lipinski definition) is 5. The summed E-state index contributed by atoms with van der Waals surface area (Å²) in [7, 11) is 0. The van der Waals surface area contributed by atoms with Gasteiger partial charge in [-0.25, -0.2) is 9.78 Å². The first-order valence-electron chi connectivity index (χ1n) is 8.38. The maximum atomic E-state index is 12.7. The Morgan fingerprint density at radius 2 is 1.92 bits per heavy atom. The van der Waals surface area contributed by atoms with E-state index in [1.54, 1.807) is 12.4 Å². The van der Waals surface area contributed by atoms with Gasteiger partial charge in [-0.05, 0) is 27.2 Å². The molecule has 1 aromatic rings. The van der Waals surface area contributed by atoms with E-state index in [9.17, 15) is 9.59 Å². The molecule has 0 bridgehead atoms. The maximum Gasteiger partial charge on any atom is 0.410 e. The molecule has 24 heavy (non-hydrogen) atoms. The average molecular weight is 335 g/mol. The van der Waals surface area contributed by atoms with Crippen molar-refractivity contribution in [3.05, 3.63) is 12.4 Å². The molecule has 2 aliphatic heterocycles. The number of carbonyl (C=O) groups excluding carboxylic acids is 2. The predicted molar refractivity (Wildman–Crippen MR) is 88.7 cm³/mol. The summed E-state index contributed by atoms with van der Waals surface area (Å²) in [5.74, 6) is 0.854. The van der Waals surface area contributed by atoms with Gasteiger partial charge in [0.2, 0.25) is 11.9 Å². The Morgan fingerprint density at radius 1 is 1.21 bits per heavy atom. The zero-order valence-corrected chi connectivity index (χ0v) is 14.5. The standard InChI is InChI=1S/C16H25N5O3/c1-16(2,3)24-15(23)21-7-4-12(21)13(22)19-8-10-20(11-9-19)14-17-5-6-18-14/h5-6,12H,4,7-11H2,1-3H3,(H,17,18)/t12-/m1/s1. The third-order valence-electron chi connectivity index (χ3n) is 4.31. The first-order valence-corrected chi connectivity index (χ1v) is 8.38. The number of H-pyrrole nitrogens is 1. The van der Waals surface area contributed by atoms with Gasteiger partial charge in [0.05, 0.1) is 0 Å². The zero-order valence-electron chi connectivity index (χ0n) is 14.5. The van der Waals surface area contributed by atoms with Crippen molar-refractivity contribution in [2.24, 2.45) is 0 Å². The lowest BCUT2D eigenvalue weighted by Gasteiger charge is -2.44. The Labute approximate surface area is 141 Å². The molecule has 132 valence electrons. The molecule has 3 heterocycles. The lowest BCUT2D eigenvalue weighted by atomic mass is 10.0. The summed E-state index contributed by atoms with van der Waals surface area (Å²) in [6, 6.07) is -0.380. The fourth-order valence-corrected chi connectivity index (χ4v) is 2.96. The summed E-state index contributed by atoms with van der Waals surface area (Å²) in [5, 5.41) is 0. The molecule has 0 radical (unpaired) electrons. The average Bonchev–Trinajstić information content (AvgIpc) is 2.98. The predicted octanol–water partition coefficient (Wildman–Crippen LogP) is 1.07. The van der Waals surface area contributed by atoms with Crippen LogP contribution in [0, 0.1) is 0 Å². The number of hydrogen-bond donors (Lipinski definition) is 1. The topological polar surface area (TPSA) is 81.8 Å². The van der Waals surface area contributed by atoms with Gasteiger partial charge in [-0.15, -0.1) is 0 Å². The normalized spacial score (nSPS) is 21.5. The Kier molecular flexibility index (Phi) is 4.38. The number of nitrogens with one attached hydrogen (secondary N) is 1. The van der Waals surface area contributed by atoms with Crippen molar-refractivity contribution in [1.29, 1.82) is 0 Å². The highest BCUT2D eigenvalue weighted by atomic mass is 16.6. The SMILES string of the molecule is CC(C)(C)OC(=O)N1CC[C@@H]1C(=O)N1CCN(c2ncc[nH]2)CC1. The van der Waals surface area contributed by atoms with Gasteiger partial charge in [-0.3, -0.25) is 9.69 Å². The summed E-state index contributed by atoms with van der Waals surface area (Å²) in [6.07, 6.45) is 3.82. The molecule has 8 nitrogen and oxygen atoms in total. The second-order valence-corrected chi connectivity index (χ2v) is 7.20. The monoisotopic (exact) mass is 335 g/mol. The van der Waals surface area contributed by atoms with Crippen LogP contribution in [0.25, 0.3) is 0 Å². The number of piperazine rings is 1. The minimum atomic E-state index is -0.547. The van der Waals surface area contributed by atoms with Crippen LogP contribution in [0.2, 0.25) is 0 Å². The van der Waals surface area contributed by atoms with E-state index >= 15 is 0 Å². The number of amides is 2. The van der Waals surface area contributed by atoms with Gasteiger partial charge in [0.15, 0.2) is 0 Å². The van der Waals surface area contributed by atoms with E-state index in [1.165, 1.54) is 4.90 Å². The van der Waals surface area contributed by atoms with E-state index in [0.717, 1.165) is 19.0 Å². The smallest absolute Gasteiger partial charge is 0.410 e. The zero-order chi connectivity index (χ0) is 17.3. The largest absolute Gasteiger partial charge is 0.444 e. The van der Waals surface area contributed by atoms with Crippen molar-refractivity contribution in [2.75, 3.05) is 37.6 Å². The van der Waals surface area contributed by atoms with Crippen LogP contribution in [0.15, 0.2) is 12.4 Å². The molecule has 0 saturated carbocycles. The van der Waals surface area contributed by atoms with Crippen molar-refractivity contribution in [1.82, 2.24) is 19.8 Å². The minimum Gasteiger partial charge on any atom is -0.444 e. The second-order valence-electron chi connectivity index (χ2n) is 7.20. The first kappa shape index (κ1) is 16.6. The quantitative estimate of drug-likeness (QED) is 0.874. The van der Waals surface area contributed by atoms with Gasteiger partial charge in [-0.1, -0.05) is 0 Å². The molecule has 1 aromatic heterocycles. The maximum absolute atomic E-state index is 12.7. The van der Waals surface area contributed by atoms with Crippen molar-refractivity contribution < 1.29 is 14.3 Å². The lowest BCUT2D eigenvalue weighted by molar-refractivity contribution is -0.141. The van der Waals surface area contributed by atoms with Crippen LogP contribution in [-0.4, -0.2) is 76.1 Å². The molecule has 1 N–H and O–H groups in total. The van der Waals surface area contributed by atoms with E-state index in [4.69, 9.17) is 4.74 Å². The number of ether oxygens (including phenoxy) is 1. The van der Waals surface area contributed by atoms with E-state index in [0.29, 0.717) is 26.1 Å². The fourth-order valence-electron chi connectivity index (χ4n) is 2.96. The summed E-state index contributed by atoms with van der Waals surface area (Å²) in [6.45, 7) is 8.81. The van der Waals surface area contributed by atoms with Crippen molar-refractivity contribution in [3.8, 4) is 0 Å². The number of anilines is 1. The molecule has 2 amide bonds. The summed E-state index contributed by atoms with van der Waals surface area (Å²) in [5.41, 5.74) is -0.547. The van der Waals surface area contributed by atoms with Gasteiger partial charge < -0.3 is 19.5 Å². The highest BCUT2D eigenvalue weighted by Gasteiger charge is 2.42. The summed E-state index contributed by atoms with van der Waals surface area (Å²) >= 11 is 0. The highest BCUT2D eigenvalue weighted by molar-refractivity contribution is 5.87. The molecule has 0 unspecified atom stereocenters. The minimum absolute atomic E-state index is 0.0196. The molecule has 2 saturated heterocycles. The summed E-state index contributed by atoms with van der Waals surface area (Å²) < 4.78 is 5.37. The Bertz CT molecular complexity index is 587. The molecule has 1 atom stereocenters. The number of aromatic amines is 1. The first-order chi connectivity index (χ1) is 11.3. The molecular weight excluding hydrogens is 310 g/mol. The molecule has 8 heteroatoms. The van der Waals surface area contributed by atoms with Crippen LogP contribution < -0.4 is 4.90 Å². The van der Waals surface area contributed by atoms with Gasteiger partial charge in [0, 0.05) is 45.1 Å². The van der Waals surface area contributed by atoms with E-state index in [2.05, 4.69) is 14.9 Å². The van der Waals surface area contributed by atoms with Gasteiger partial charge in [0.1, 0.15) is 11.6 Å². The van der Waals surface area contributed by atoms with Crippen LogP contribution in [0.4, 0.5) is 10.7 Å². The molecule has 3 rings (SSSR count). The summed E-state index contributed by atoms with van der Waals surface area (Å²) in [4.78, 5) is 37.7. The number of likely N-dealkylation sites (tertiary alicyclic amines) is 1. The number of aromatic nitrogens is 2. The van der Waals surface area contributed by atoms with Gasteiger partial charge in [-0.2, -0.15) is 0 Å². The van der Waals surface area contributed by atoms with E-state index in [-0.39, 0.29) is 11.9 Å². The van der Waals surface area contributed by atoms with Crippen LogP contribution in [0.1, 0.15) is 27.2 Å². The molecule has 0 spiro atoms. The molecular formula is C16H25N5O3. The lowest BCUT2D eigenvalue weighted by Crippen LogP contribution is -2.62. The third-order valence-corrected chi connectivity index (χ3v) is 4.31. The third kappa shape index (κ3) is 3.47. The number of rotatable bonds is 2. The van der Waals surface area contributed by atoms with Crippen molar-refractivity contribution in [3.63, 3.8) is 0 Å². The van der Waals surface area contributed by atoms with Gasteiger partial charge >= 0.3 is 6.09 Å². The molecule has 2 aliphatic rings. The molecule has 0 aromatic carbocycles. The van der Waals surface area contributed by atoms with Crippen molar-refractivity contribution in [2.45, 2.75) is 38.8 Å². The number of imidazole rings is 1. The van der Waals surface area contributed by atoms with Crippen LogP contribution >= 0.6 is 0 Å². The fraction of sp³-hybridized carbons (Fsp3) is 0.688. The number of carbonyl (C=O) groups is 2. The van der Waals surface area contributed by atoms with Crippen molar-refractivity contribution >= 4 is 17.9 Å². The van der Waals surface area contributed by atoms with Gasteiger partial charge in [0.25, 0.3) is 0 Å². The molecule has 2 fully saturated rings. The Morgan fingerprint density at radius 3 is 2.42 bits per heavy atom. The number of nitrogens with zero attached hydrogens (tertiary/aromatic N) is 4. The van der Waals surface area contributed by atoms with E-state index < -0.39 is 11.7 Å². The molecule has 0 aliphatic carbocycles. The van der Waals surface area contributed by atoms with E-state index in [1.807, 2.05) is 25.7 Å². The van der Waals surface area contributed by atoms with Crippen LogP contribution in [0.5, 0.6) is 0 Å².